The Kier molecular flexibility index (Phi) is 4.20. The molecule has 0 spiro atoms. The second kappa shape index (κ2) is 5.23. The van der Waals surface area contributed by atoms with Gasteiger partial charge in [-0.05, 0) is 23.8 Å². The molecule has 66 valence electrons. The molecule has 0 bridgehead atoms. The number of thioether (sulfide) groups is 1. The molecule has 1 saturated heterocycles. The molecule has 1 aliphatic rings. The molecule has 1 fully saturated rings. The third-order valence-corrected chi connectivity index (χ3v) is 3.25. The molecule has 0 saturated carbocycles. The molecule has 0 aromatic carbocycles. The molecule has 0 aromatic rings. The average Bonchev–Trinajstić information content (AvgIpc) is 2.59. The van der Waals surface area contributed by atoms with E-state index < -0.39 is 0 Å². The van der Waals surface area contributed by atoms with Crippen molar-refractivity contribution in [2.24, 2.45) is 5.92 Å². The summed E-state index contributed by atoms with van der Waals surface area (Å²) in [6, 6.07) is 2.33. The number of nitrogens with zero attached hydrogens (tertiary/aromatic N) is 1. The molecule has 2 nitrogen and oxygen atoms in total. The lowest BCUT2D eigenvalue weighted by Crippen LogP contribution is -2.35. The van der Waals surface area contributed by atoms with Gasteiger partial charge in [-0.3, -0.25) is 5.32 Å². The fraction of sp³-hybridized carbons (Fsp3) is 0.667. The minimum Gasteiger partial charge on any atom is -0.298 e. The zero-order valence-corrected chi connectivity index (χ0v) is 7.94. The largest absolute Gasteiger partial charge is 0.298 e. The topological polar surface area (TPSA) is 35.8 Å². The van der Waals surface area contributed by atoms with Gasteiger partial charge in [0.2, 0.25) is 0 Å². The maximum atomic E-state index is 8.86. The Morgan fingerprint density at radius 3 is 3.17 bits per heavy atom. The molecule has 2 atom stereocenters. The number of nitriles is 1. The fourth-order valence-electron chi connectivity index (χ4n) is 1.34. The third kappa shape index (κ3) is 2.54. The monoisotopic (exact) mass is 182 g/mol. The van der Waals surface area contributed by atoms with Crippen molar-refractivity contribution in [1.29, 1.82) is 5.26 Å². The van der Waals surface area contributed by atoms with Crippen molar-refractivity contribution in [3.05, 3.63) is 12.7 Å². The first kappa shape index (κ1) is 9.63. The number of nitrogens with one attached hydrogen (secondary N) is 1. The predicted molar refractivity (Wildman–Crippen MR) is 53.0 cm³/mol. The lowest BCUT2D eigenvalue weighted by Gasteiger charge is -2.15. The van der Waals surface area contributed by atoms with Gasteiger partial charge in [-0.15, -0.1) is 6.58 Å². The Bertz CT molecular complexity index is 179. The summed E-state index contributed by atoms with van der Waals surface area (Å²) in [4.78, 5) is 0. The second-order valence-corrected chi connectivity index (χ2v) is 4.08. The smallest absolute Gasteiger partial charge is 0.0992 e. The lowest BCUT2D eigenvalue weighted by atomic mass is 10.0. The zero-order valence-electron chi connectivity index (χ0n) is 7.12. The van der Waals surface area contributed by atoms with Crippen LogP contribution in [0.1, 0.15) is 6.42 Å². The highest BCUT2D eigenvalue weighted by Crippen LogP contribution is 2.25. The van der Waals surface area contributed by atoms with E-state index in [1.54, 1.807) is 6.08 Å². The van der Waals surface area contributed by atoms with Crippen LogP contribution >= 0.6 is 11.8 Å². The highest BCUT2D eigenvalue weighted by atomic mass is 32.2. The van der Waals surface area contributed by atoms with Crippen LogP contribution in [0.5, 0.6) is 0 Å². The normalized spacial score (nSPS) is 24.8. The van der Waals surface area contributed by atoms with E-state index >= 15 is 0 Å². The summed E-state index contributed by atoms with van der Waals surface area (Å²) in [7, 11) is 0. The van der Waals surface area contributed by atoms with E-state index in [9.17, 15) is 0 Å². The predicted octanol–water partition coefficient (Wildman–Crippen LogP) is 1.41. The molecule has 0 radical (unpaired) electrons. The quantitative estimate of drug-likeness (QED) is 0.668. The average molecular weight is 182 g/mol. The van der Waals surface area contributed by atoms with Gasteiger partial charge in [0.1, 0.15) is 0 Å². The molecule has 0 aliphatic carbocycles. The summed E-state index contributed by atoms with van der Waals surface area (Å²) < 4.78 is 0. The Hall–Kier alpha value is -0.460. The number of rotatable bonds is 4. The van der Waals surface area contributed by atoms with E-state index in [0.717, 1.165) is 12.3 Å². The summed E-state index contributed by atoms with van der Waals surface area (Å²) in [5.74, 6) is 2.88. The van der Waals surface area contributed by atoms with Crippen LogP contribution in [0.2, 0.25) is 0 Å². The van der Waals surface area contributed by atoms with Gasteiger partial charge in [0.25, 0.3) is 0 Å². The summed E-state index contributed by atoms with van der Waals surface area (Å²) in [6.45, 7) is 4.35. The number of hydrogen-bond acceptors (Lipinski definition) is 3. The van der Waals surface area contributed by atoms with Crippen molar-refractivity contribution in [1.82, 2.24) is 5.32 Å². The molecule has 1 rings (SSSR count). The van der Waals surface area contributed by atoms with Crippen LogP contribution in [-0.4, -0.2) is 24.1 Å². The zero-order chi connectivity index (χ0) is 8.81. The molecule has 12 heavy (non-hydrogen) atoms. The molecular formula is C9H14N2S. The van der Waals surface area contributed by atoms with Crippen LogP contribution in [0.15, 0.2) is 12.7 Å². The van der Waals surface area contributed by atoms with Crippen LogP contribution in [0.3, 0.4) is 0 Å². The van der Waals surface area contributed by atoms with Gasteiger partial charge in [0.15, 0.2) is 0 Å². The van der Waals surface area contributed by atoms with Crippen molar-refractivity contribution < 1.29 is 0 Å². The van der Waals surface area contributed by atoms with Gasteiger partial charge >= 0.3 is 0 Å². The molecule has 1 N–H and O–H groups in total. The Balaban J connectivity index is 2.33. The SMILES string of the molecule is C=CCNC(C#N)C1CCSC1. The summed E-state index contributed by atoms with van der Waals surface area (Å²) in [6.07, 6.45) is 2.97. The maximum Gasteiger partial charge on any atom is 0.0992 e. The van der Waals surface area contributed by atoms with Crippen molar-refractivity contribution >= 4 is 11.8 Å². The molecule has 1 heterocycles. The Morgan fingerprint density at radius 1 is 1.83 bits per heavy atom. The van der Waals surface area contributed by atoms with E-state index in [1.165, 1.54) is 12.2 Å². The molecule has 0 amide bonds. The van der Waals surface area contributed by atoms with Gasteiger partial charge in [0, 0.05) is 6.54 Å². The minimum absolute atomic E-state index is 0.0259. The Labute approximate surface area is 78.0 Å². The van der Waals surface area contributed by atoms with Crippen molar-refractivity contribution in [2.45, 2.75) is 12.5 Å². The standard InChI is InChI=1S/C9H14N2S/c1-2-4-11-9(6-10)8-3-5-12-7-8/h2,8-9,11H,1,3-5,7H2. The fourth-order valence-corrected chi connectivity index (χ4v) is 2.64. The van der Waals surface area contributed by atoms with Gasteiger partial charge in [-0.2, -0.15) is 17.0 Å². The summed E-state index contributed by atoms with van der Waals surface area (Å²) in [5, 5.41) is 12.0. The highest BCUT2D eigenvalue weighted by Gasteiger charge is 2.24. The van der Waals surface area contributed by atoms with Crippen molar-refractivity contribution in [2.75, 3.05) is 18.1 Å². The van der Waals surface area contributed by atoms with E-state index in [4.69, 9.17) is 5.26 Å². The first-order valence-electron chi connectivity index (χ1n) is 4.20. The lowest BCUT2D eigenvalue weighted by molar-refractivity contribution is 0.467. The molecule has 2 unspecified atom stereocenters. The van der Waals surface area contributed by atoms with Crippen LogP contribution < -0.4 is 5.32 Å². The van der Waals surface area contributed by atoms with Crippen molar-refractivity contribution in [3.63, 3.8) is 0 Å². The third-order valence-electron chi connectivity index (χ3n) is 2.06. The van der Waals surface area contributed by atoms with Crippen molar-refractivity contribution in [3.8, 4) is 6.07 Å². The minimum atomic E-state index is 0.0259. The second-order valence-electron chi connectivity index (χ2n) is 2.93. The van der Waals surface area contributed by atoms with E-state index in [2.05, 4.69) is 18.0 Å². The molecule has 3 heteroatoms. The number of hydrogen-bond donors (Lipinski definition) is 1. The van der Waals surface area contributed by atoms with Crippen LogP contribution in [0.25, 0.3) is 0 Å². The summed E-state index contributed by atoms with van der Waals surface area (Å²) in [5.41, 5.74) is 0. The highest BCUT2D eigenvalue weighted by molar-refractivity contribution is 7.99. The maximum absolute atomic E-state index is 8.86. The molecule has 1 aliphatic heterocycles. The van der Waals surface area contributed by atoms with E-state index in [-0.39, 0.29) is 6.04 Å². The van der Waals surface area contributed by atoms with E-state index in [1.807, 2.05) is 11.8 Å². The first-order valence-corrected chi connectivity index (χ1v) is 5.35. The van der Waals surface area contributed by atoms with Gasteiger partial charge in [-0.25, -0.2) is 0 Å². The van der Waals surface area contributed by atoms with Gasteiger partial charge in [-0.1, -0.05) is 6.08 Å². The summed E-state index contributed by atoms with van der Waals surface area (Å²) >= 11 is 1.94. The molecular weight excluding hydrogens is 168 g/mol. The first-order chi connectivity index (χ1) is 5.88. The Morgan fingerprint density at radius 2 is 2.67 bits per heavy atom. The van der Waals surface area contributed by atoms with E-state index in [0.29, 0.717) is 5.92 Å². The van der Waals surface area contributed by atoms with Gasteiger partial charge in [0.05, 0.1) is 12.1 Å². The van der Waals surface area contributed by atoms with Crippen LogP contribution in [-0.2, 0) is 0 Å². The van der Waals surface area contributed by atoms with Crippen LogP contribution in [0, 0.1) is 17.2 Å². The van der Waals surface area contributed by atoms with Crippen LogP contribution in [0.4, 0.5) is 0 Å². The van der Waals surface area contributed by atoms with Gasteiger partial charge < -0.3 is 0 Å². The molecule has 0 aromatic heterocycles.